The van der Waals surface area contributed by atoms with Gasteiger partial charge in [0.1, 0.15) is 18.5 Å². The van der Waals surface area contributed by atoms with Gasteiger partial charge >= 0.3 is 5.97 Å². The molecule has 6 rings (SSSR count). The largest absolute Gasteiger partial charge is 0.458 e. The van der Waals surface area contributed by atoms with Crippen molar-refractivity contribution in [3.8, 4) is 11.4 Å². The molecule has 1 amide bonds. The van der Waals surface area contributed by atoms with Crippen molar-refractivity contribution in [3.63, 3.8) is 0 Å². The SMILES string of the molecule is CC[C@@]1(O)C(=O)OCc2c1cc1n(c2=O)Cc2c-1nc1cc(F)c(Cl)cc1c2[C@@H](C)NC(=O)[C@@H](O)C1CC1. The molecular formula is C27H25ClFN3O6. The van der Waals surface area contributed by atoms with Crippen LogP contribution in [-0.2, 0) is 33.1 Å². The molecule has 0 bridgehead atoms. The van der Waals surface area contributed by atoms with Gasteiger partial charge in [-0.2, -0.15) is 0 Å². The van der Waals surface area contributed by atoms with Gasteiger partial charge < -0.3 is 24.8 Å². The number of aromatic nitrogens is 2. The molecule has 3 aliphatic rings. The number of aliphatic hydroxyl groups is 2. The number of aliphatic hydroxyl groups excluding tert-OH is 1. The first kappa shape index (κ1) is 25.0. The quantitative estimate of drug-likeness (QED) is 0.331. The molecule has 198 valence electrons. The molecule has 1 saturated carbocycles. The van der Waals surface area contributed by atoms with Gasteiger partial charge in [-0.05, 0) is 49.8 Å². The minimum atomic E-state index is -1.98. The zero-order valence-electron chi connectivity index (χ0n) is 20.7. The van der Waals surface area contributed by atoms with E-state index in [2.05, 4.69) is 10.3 Å². The maximum Gasteiger partial charge on any atom is 0.343 e. The maximum absolute atomic E-state index is 14.5. The van der Waals surface area contributed by atoms with E-state index in [9.17, 15) is 29.0 Å². The Kier molecular flexibility index (Phi) is 5.64. The molecule has 9 nitrogen and oxygen atoms in total. The Morgan fingerprint density at radius 1 is 1.32 bits per heavy atom. The van der Waals surface area contributed by atoms with Gasteiger partial charge in [0.05, 0.1) is 40.1 Å². The number of halogens is 2. The maximum atomic E-state index is 14.5. The number of benzene rings is 1. The Morgan fingerprint density at radius 2 is 2.05 bits per heavy atom. The second-order valence-corrected chi connectivity index (χ2v) is 10.7. The van der Waals surface area contributed by atoms with Crippen LogP contribution in [0.3, 0.4) is 0 Å². The molecule has 4 heterocycles. The van der Waals surface area contributed by atoms with Crippen LogP contribution in [-0.4, -0.2) is 37.7 Å². The van der Waals surface area contributed by atoms with E-state index < -0.39 is 41.0 Å². The summed E-state index contributed by atoms with van der Waals surface area (Å²) in [6, 6.07) is 3.55. The summed E-state index contributed by atoms with van der Waals surface area (Å²) in [5, 5.41) is 24.7. The average molecular weight is 542 g/mol. The molecule has 3 aromatic rings. The van der Waals surface area contributed by atoms with Gasteiger partial charge in [-0.25, -0.2) is 14.2 Å². The van der Waals surface area contributed by atoms with Crippen LogP contribution in [0, 0.1) is 11.7 Å². The number of nitrogens with one attached hydrogen (secondary N) is 1. The number of nitrogens with zero attached hydrogens (tertiary/aromatic N) is 2. The lowest BCUT2D eigenvalue weighted by atomic mass is 9.86. The summed E-state index contributed by atoms with van der Waals surface area (Å²) < 4.78 is 21.1. The van der Waals surface area contributed by atoms with Gasteiger partial charge in [0.25, 0.3) is 5.56 Å². The molecule has 0 radical (unpaired) electrons. The van der Waals surface area contributed by atoms with Crippen molar-refractivity contribution in [2.24, 2.45) is 5.92 Å². The summed E-state index contributed by atoms with van der Waals surface area (Å²) >= 11 is 6.12. The Hall–Kier alpha value is -3.34. The van der Waals surface area contributed by atoms with Gasteiger partial charge in [-0.1, -0.05) is 18.5 Å². The van der Waals surface area contributed by atoms with Crippen molar-refractivity contribution >= 4 is 34.4 Å². The fourth-order valence-electron chi connectivity index (χ4n) is 5.60. The number of ether oxygens (including phenoxy) is 1. The number of cyclic esters (lactones) is 1. The standard InChI is InChI=1S/C27H25ClFN3O6/c1-3-27(37)16-7-20-22-14(9-32(20)25(35)15(16)10-38-26(27)36)21(11(2)30-24(34)23(33)12-4-5-12)13-6-17(28)18(29)8-19(13)31-22/h6-8,11-12,23,33,37H,3-5,9-10H2,1-2H3,(H,30,34)/t11-,23+,27+/m1/s1. The van der Waals surface area contributed by atoms with Crippen molar-refractivity contribution in [2.45, 2.75) is 64.0 Å². The lowest BCUT2D eigenvalue weighted by Crippen LogP contribution is -2.44. The van der Waals surface area contributed by atoms with Crippen LogP contribution in [0.5, 0.6) is 0 Å². The second kappa shape index (κ2) is 8.59. The third-order valence-electron chi connectivity index (χ3n) is 7.90. The van der Waals surface area contributed by atoms with Crippen molar-refractivity contribution in [1.82, 2.24) is 14.9 Å². The number of carbonyl (C=O) groups excluding carboxylic acids is 2. The van der Waals surface area contributed by atoms with E-state index in [0.29, 0.717) is 27.9 Å². The van der Waals surface area contributed by atoms with Crippen LogP contribution in [0.1, 0.15) is 61.4 Å². The Bertz CT molecular complexity index is 1620. The second-order valence-electron chi connectivity index (χ2n) is 10.3. The zero-order chi connectivity index (χ0) is 27.1. The normalized spacial score (nSPS) is 21.4. The number of esters is 1. The zero-order valence-corrected chi connectivity index (χ0v) is 21.4. The van der Waals surface area contributed by atoms with Crippen LogP contribution in [0.15, 0.2) is 23.0 Å². The molecule has 3 N–H and O–H groups in total. The molecule has 1 aliphatic carbocycles. The number of carbonyl (C=O) groups is 2. The summed E-state index contributed by atoms with van der Waals surface area (Å²) in [5.74, 6) is -2.09. The topological polar surface area (TPSA) is 131 Å². The highest BCUT2D eigenvalue weighted by atomic mass is 35.5. The highest BCUT2D eigenvalue weighted by molar-refractivity contribution is 6.31. The molecule has 0 unspecified atom stereocenters. The lowest BCUT2D eigenvalue weighted by Gasteiger charge is -2.31. The molecule has 0 saturated heterocycles. The van der Waals surface area contributed by atoms with Crippen molar-refractivity contribution in [1.29, 1.82) is 0 Å². The third kappa shape index (κ3) is 3.58. The van der Waals surface area contributed by atoms with Crippen LogP contribution >= 0.6 is 11.6 Å². The summed E-state index contributed by atoms with van der Waals surface area (Å²) in [7, 11) is 0. The van der Waals surface area contributed by atoms with Gasteiger partial charge in [0.15, 0.2) is 5.60 Å². The fraction of sp³-hybridized carbons (Fsp3) is 0.407. The first-order valence-electron chi connectivity index (χ1n) is 12.5. The predicted molar refractivity (Wildman–Crippen MR) is 135 cm³/mol. The Morgan fingerprint density at radius 3 is 2.74 bits per heavy atom. The Balaban J connectivity index is 1.56. The van der Waals surface area contributed by atoms with E-state index in [1.54, 1.807) is 19.9 Å². The van der Waals surface area contributed by atoms with E-state index in [-0.39, 0.29) is 47.2 Å². The van der Waals surface area contributed by atoms with E-state index in [4.69, 9.17) is 16.3 Å². The Labute approximate surface area is 221 Å². The first-order chi connectivity index (χ1) is 18.0. The number of amides is 1. The molecule has 0 spiro atoms. The number of hydrogen-bond acceptors (Lipinski definition) is 7. The van der Waals surface area contributed by atoms with Crippen LogP contribution < -0.4 is 10.9 Å². The first-order valence-corrected chi connectivity index (χ1v) is 12.9. The van der Waals surface area contributed by atoms with Crippen molar-refractivity contribution in [3.05, 3.63) is 61.6 Å². The van der Waals surface area contributed by atoms with E-state index in [1.165, 1.54) is 16.7 Å². The fourth-order valence-corrected chi connectivity index (χ4v) is 5.76. The van der Waals surface area contributed by atoms with Crippen molar-refractivity contribution < 1.29 is 28.9 Å². The van der Waals surface area contributed by atoms with Gasteiger partial charge in [0.2, 0.25) is 5.91 Å². The number of hydrogen-bond donors (Lipinski definition) is 3. The lowest BCUT2D eigenvalue weighted by molar-refractivity contribution is -0.172. The minimum Gasteiger partial charge on any atom is -0.458 e. The highest BCUT2D eigenvalue weighted by Crippen LogP contribution is 2.42. The summed E-state index contributed by atoms with van der Waals surface area (Å²) in [6.07, 6.45) is 0.437. The predicted octanol–water partition coefficient (Wildman–Crippen LogP) is 2.82. The summed E-state index contributed by atoms with van der Waals surface area (Å²) in [4.78, 5) is 43.4. The van der Waals surface area contributed by atoms with E-state index in [1.807, 2.05) is 0 Å². The van der Waals surface area contributed by atoms with E-state index in [0.717, 1.165) is 12.8 Å². The molecule has 3 atom stereocenters. The third-order valence-corrected chi connectivity index (χ3v) is 8.19. The van der Waals surface area contributed by atoms with Gasteiger partial charge in [0, 0.05) is 22.6 Å². The number of pyridine rings is 2. The number of fused-ring (bicyclic) bond motifs is 5. The molecule has 1 fully saturated rings. The molecule has 1 aromatic carbocycles. The van der Waals surface area contributed by atoms with Crippen LogP contribution in [0.25, 0.3) is 22.3 Å². The highest BCUT2D eigenvalue weighted by Gasteiger charge is 2.45. The molecule has 2 aliphatic heterocycles. The van der Waals surface area contributed by atoms with Crippen LogP contribution in [0.4, 0.5) is 4.39 Å². The van der Waals surface area contributed by atoms with Gasteiger partial charge in [-0.3, -0.25) is 9.59 Å². The summed E-state index contributed by atoms with van der Waals surface area (Å²) in [5.41, 5.74) is 0.117. The van der Waals surface area contributed by atoms with Crippen molar-refractivity contribution in [2.75, 3.05) is 0 Å². The van der Waals surface area contributed by atoms with E-state index >= 15 is 0 Å². The van der Waals surface area contributed by atoms with Crippen LogP contribution in [0.2, 0.25) is 5.02 Å². The van der Waals surface area contributed by atoms with Gasteiger partial charge in [-0.15, -0.1) is 0 Å². The molecular weight excluding hydrogens is 517 g/mol. The molecule has 38 heavy (non-hydrogen) atoms. The molecule has 2 aromatic heterocycles. The number of rotatable bonds is 5. The molecule has 11 heteroatoms. The smallest absolute Gasteiger partial charge is 0.343 e. The average Bonchev–Trinajstić information content (AvgIpc) is 3.67. The minimum absolute atomic E-state index is 0.00107. The monoisotopic (exact) mass is 541 g/mol. The summed E-state index contributed by atoms with van der Waals surface area (Å²) in [6.45, 7) is 3.18.